The summed E-state index contributed by atoms with van der Waals surface area (Å²) >= 11 is 0. The molecule has 0 aliphatic carbocycles. The monoisotopic (exact) mass is 321 g/mol. The first-order chi connectivity index (χ1) is 10.9. The zero-order valence-corrected chi connectivity index (χ0v) is 14.7. The molecule has 23 heavy (non-hydrogen) atoms. The number of piperidine rings is 1. The number of nitrogens with zero attached hydrogens (tertiary/aromatic N) is 4. The van der Waals surface area contributed by atoms with Gasteiger partial charge in [0.2, 0.25) is 5.95 Å². The molecule has 0 bridgehead atoms. The summed E-state index contributed by atoms with van der Waals surface area (Å²) in [5.74, 6) is 2.05. The van der Waals surface area contributed by atoms with E-state index < -0.39 is 0 Å². The minimum atomic E-state index is -0.359. The molecule has 1 aliphatic rings. The lowest BCUT2D eigenvalue weighted by Crippen LogP contribution is -2.45. The number of alkyl carbamates (subject to hydrolysis) is 1. The zero-order chi connectivity index (χ0) is 17.0. The molecule has 1 aromatic rings. The fourth-order valence-corrected chi connectivity index (χ4v) is 2.58. The molecule has 1 N–H and O–H groups in total. The Hall–Kier alpha value is -2.05. The molecule has 7 heteroatoms. The van der Waals surface area contributed by atoms with E-state index in [1.165, 1.54) is 7.11 Å². The summed E-state index contributed by atoms with van der Waals surface area (Å²) in [5.41, 5.74) is 1.05. The van der Waals surface area contributed by atoms with E-state index in [2.05, 4.69) is 44.8 Å². The lowest BCUT2D eigenvalue weighted by molar-refractivity contribution is 0.164. The second-order valence-corrected chi connectivity index (χ2v) is 6.40. The summed E-state index contributed by atoms with van der Waals surface area (Å²) < 4.78 is 4.66. The van der Waals surface area contributed by atoms with Crippen molar-refractivity contribution >= 4 is 17.9 Å². The summed E-state index contributed by atoms with van der Waals surface area (Å²) in [5, 5.41) is 2.87. The van der Waals surface area contributed by atoms with Crippen molar-refractivity contribution in [2.45, 2.75) is 38.6 Å². The summed E-state index contributed by atoms with van der Waals surface area (Å²) in [6, 6.07) is 2.24. The number of methoxy groups -OCH3 is 1. The van der Waals surface area contributed by atoms with Crippen LogP contribution in [0.25, 0.3) is 0 Å². The lowest BCUT2D eigenvalue weighted by atomic mass is 10.0. The number of hydrogen-bond acceptors (Lipinski definition) is 6. The van der Waals surface area contributed by atoms with Crippen LogP contribution in [0.4, 0.5) is 16.6 Å². The van der Waals surface area contributed by atoms with Gasteiger partial charge < -0.3 is 19.9 Å². The number of rotatable bonds is 4. The standard InChI is InChI=1S/C16H27N5O2/c1-11(2)13-10-14(19-15(18-13)20(3)4)21-8-6-12(7-9-21)17-16(22)23-5/h10-12H,6-9H2,1-5H3,(H,17,22). The Morgan fingerprint density at radius 2 is 2.00 bits per heavy atom. The lowest BCUT2D eigenvalue weighted by Gasteiger charge is -2.33. The van der Waals surface area contributed by atoms with E-state index in [0.717, 1.165) is 43.4 Å². The molecule has 1 fully saturated rings. The topological polar surface area (TPSA) is 70.6 Å². The third kappa shape index (κ3) is 4.46. The van der Waals surface area contributed by atoms with E-state index in [-0.39, 0.29) is 12.1 Å². The van der Waals surface area contributed by atoms with Crippen molar-refractivity contribution in [2.75, 3.05) is 44.1 Å². The normalized spacial score (nSPS) is 15.7. The molecule has 0 unspecified atom stereocenters. The van der Waals surface area contributed by atoms with Crippen LogP contribution in [0.3, 0.4) is 0 Å². The maximum atomic E-state index is 11.3. The molecule has 1 saturated heterocycles. The van der Waals surface area contributed by atoms with Crippen molar-refractivity contribution in [3.8, 4) is 0 Å². The van der Waals surface area contributed by atoms with Gasteiger partial charge in [-0.25, -0.2) is 9.78 Å². The maximum Gasteiger partial charge on any atom is 0.407 e. The van der Waals surface area contributed by atoms with Crippen LogP contribution in [0, 0.1) is 0 Å². The minimum Gasteiger partial charge on any atom is -0.453 e. The molecule has 0 saturated carbocycles. The van der Waals surface area contributed by atoms with E-state index in [0.29, 0.717) is 5.92 Å². The van der Waals surface area contributed by atoms with Gasteiger partial charge in [-0.1, -0.05) is 13.8 Å². The molecular weight excluding hydrogens is 294 g/mol. The first-order valence-corrected chi connectivity index (χ1v) is 8.06. The molecule has 0 radical (unpaired) electrons. The molecule has 1 aromatic heterocycles. The van der Waals surface area contributed by atoms with Gasteiger partial charge in [-0.2, -0.15) is 4.98 Å². The fourth-order valence-electron chi connectivity index (χ4n) is 2.58. The molecule has 0 atom stereocenters. The van der Waals surface area contributed by atoms with Crippen LogP contribution < -0.4 is 15.1 Å². The SMILES string of the molecule is COC(=O)NC1CCN(c2cc(C(C)C)nc(N(C)C)n2)CC1. The molecule has 0 aromatic carbocycles. The molecule has 2 rings (SSSR count). The highest BCUT2D eigenvalue weighted by molar-refractivity contribution is 5.67. The van der Waals surface area contributed by atoms with Crippen LogP contribution >= 0.6 is 0 Å². The van der Waals surface area contributed by atoms with Crippen molar-refractivity contribution in [3.63, 3.8) is 0 Å². The Kier molecular flexibility index (Phi) is 5.63. The Balaban J connectivity index is 2.09. The highest BCUT2D eigenvalue weighted by Crippen LogP contribution is 2.24. The first-order valence-electron chi connectivity index (χ1n) is 8.06. The smallest absolute Gasteiger partial charge is 0.407 e. The summed E-state index contributed by atoms with van der Waals surface area (Å²) in [7, 11) is 5.30. The van der Waals surface area contributed by atoms with Crippen molar-refractivity contribution in [3.05, 3.63) is 11.8 Å². The van der Waals surface area contributed by atoms with Crippen molar-refractivity contribution in [1.82, 2.24) is 15.3 Å². The third-order valence-electron chi connectivity index (χ3n) is 4.04. The van der Waals surface area contributed by atoms with Crippen LogP contribution in [0.1, 0.15) is 38.3 Å². The largest absolute Gasteiger partial charge is 0.453 e. The van der Waals surface area contributed by atoms with Crippen molar-refractivity contribution in [2.24, 2.45) is 0 Å². The second kappa shape index (κ2) is 7.48. The van der Waals surface area contributed by atoms with Gasteiger partial charge in [-0.05, 0) is 18.8 Å². The number of anilines is 2. The van der Waals surface area contributed by atoms with E-state index in [9.17, 15) is 4.79 Å². The molecular formula is C16H27N5O2. The van der Waals surface area contributed by atoms with Gasteiger partial charge in [-0.3, -0.25) is 0 Å². The summed E-state index contributed by atoms with van der Waals surface area (Å²) in [4.78, 5) is 24.8. The Bertz CT molecular complexity index is 513. The fraction of sp³-hybridized carbons (Fsp3) is 0.688. The minimum absolute atomic E-state index is 0.165. The summed E-state index contributed by atoms with van der Waals surface area (Å²) in [6.07, 6.45) is 1.41. The quantitative estimate of drug-likeness (QED) is 0.914. The second-order valence-electron chi connectivity index (χ2n) is 6.40. The Morgan fingerprint density at radius 3 is 2.52 bits per heavy atom. The maximum absolute atomic E-state index is 11.3. The van der Waals surface area contributed by atoms with Gasteiger partial charge in [0, 0.05) is 39.3 Å². The molecule has 1 aliphatic heterocycles. The van der Waals surface area contributed by atoms with Crippen LogP contribution in [0.15, 0.2) is 6.07 Å². The number of aromatic nitrogens is 2. The Labute approximate surface area is 138 Å². The predicted molar refractivity (Wildman–Crippen MR) is 91.2 cm³/mol. The van der Waals surface area contributed by atoms with Crippen LogP contribution in [-0.4, -0.2) is 56.4 Å². The predicted octanol–water partition coefficient (Wildman–Crippen LogP) is 1.99. The van der Waals surface area contributed by atoms with Crippen molar-refractivity contribution < 1.29 is 9.53 Å². The molecule has 7 nitrogen and oxygen atoms in total. The van der Waals surface area contributed by atoms with E-state index >= 15 is 0 Å². The molecule has 128 valence electrons. The van der Waals surface area contributed by atoms with Crippen LogP contribution in [0.2, 0.25) is 0 Å². The highest BCUT2D eigenvalue weighted by Gasteiger charge is 2.23. The average Bonchev–Trinajstić information content (AvgIpc) is 2.54. The number of carbonyl (C=O) groups excluding carboxylic acids is 1. The zero-order valence-electron chi connectivity index (χ0n) is 14.7. The molecule has 1 amide bonds. The first kappa shape index (κ1) is 17.3. The van der Waals surface area contributed by atoms with E-state index in [1.54, 1.807) is 0 Å². The van der Waals surface area contributed by atoms with Crippen LogP contribution in [-0.2, 0) is 4.74 Å². The number of hydrogen-bond donors (Lipinski definition) is 1. The van der Waals surface area contributed by atoms with Gasteiger partial charge in [-0.15, -0.1) is 0 Å². The summed E-state index contributed by atoms with van der Waals surface area (Å²) in [6.45, 7) is 5.99. The van der Waals surface area contributed by atoms with E-state index in [1.807, 2.05) is 19.0 Å². The average molecular weight is 321 g/mol. The van der Waals surface area contributed by atoms with Crippen LogP contribution in [0.5, 0.6) is 0 Å². The van der Waals surface area contributed by atoms with Gasteiger partial charge in [0.25, 0.3) is 0 Å². The van der Waals surface area contributed by atoms with Gasteiger partial charge in [0.05, 0.1) is 12.8 Å². The number of carbonyl (C=O) groups is 1. The van der Waals surface area contributed by atoms with Gasteiger partial charge in [0.15, 0.2) is 0 Å². The van der Waals surface area contributed by atoms with Gasteiger partial charge >= 0.3 is 6.09 Å². The highest BCUT2D eigenvalue weighted by atomic mass is 16.5. The van der Waals surface area contributed by atoms with Crippen molar-refractivity contribution in [1.29, 1.82) is 0 Å². The Morgan fingerprint density at radius 1 is 1.35 bits per heavy atom. The molecule has 2 heterocycles. The number of ether oxygens (including phenoxy) is 1. The number of nitrogens with one attached hydrogen (secondary N) is 1. The third-order valence-corrected chi connectivity index (χ3v) is 4.04. The van der Waals surface area contributed by atoms with Gasteiger partial charge in [0.1, 0.15) is 5.82 Å². The molecule has 0 spiro atoms. The van der Waals surface area contributed by atoms with E-state index in [4.69, 9.17) is 0 Å². The number of amides is 1.